The van der Waals surface area contributed by atoms with E-state index < -0.39 is 5.97 Å². The van der Waals surface area contributed by atoms with E-state index in [4.69, 9.17) is 10.8 Å². The van der Waals surface area contributed by atoms with Crippen molar-refractivity contribution in [3.8, 4) is 0 Å². The lowest BCUT2D eigenvalue weighted by atomic mass is 10.2. The van der Waals surface area contributed by atoms with E-state index in [1.54, 1.807) is 13.8 Å². The van der Waals surface area contributed by atoms with Crippen molar-refractivity contribution in [3.63, 3.8) is 0 Å². The van der Waals surface area contributed by atoms with Crippen LogP contribution in [0.2, 0.25) is 0 Å². The molecule has 1 rings (SSSR count). The highest BCUT2D eigenvalue weighted by Crippen LogP contribution is 2.11. The molecule has 1 aromatic rings. The minimum atomic E-state index is -1.08. The molecule has 0 unspecified atom stereocenters. The molecule has 0 saturated heterocycles. The third-order valence-electron chi connectivity index (χ3n) is 1.50. The summed E-state index contributed by atoms with van der Waals surface area (Å²) in [5, 5.41) is 8.67. The molecule has 3 N–H and O–H groups in total. The molecule has 1 aromatic heterocycles. The van der Waals surface area contributed by atoms with Gasteiger partial charge in [0.1, 0.15) is 11.6 Å². The van der Waals surface area contributed by atoms with Crippen LogP contribution in [0.4, 0.5) is 5.82 Å². The van der Waals surface area contributed by atoms with Crippen molar-refractivity contribution in [3.05, 3.63) is 17.1 Å². The second-order valence-electron chi connectivity index (χ2n) is 2.43. The lowest BCUT2D eigenvalue weighted by molar-refractivity contribution is 0.0689. The molecule has 0 aromatic carbocycles. The Labute approximate surface area is 69.3 Å². The average molecular weight is 167 g/mol. The van der Waals surface area contributed by atoms with Crippen LogP contribution in [-0.2, 0) is 0 Å². The van der Waals surface area contributed by atoms with Crippen LogP contribution in [0.3, 0.4) is 0 Å². The molecule has 0 aliphatic carbocycles. The van der Waals surface area contributed by atoms with Gasteiger partial charge in [-0.1, -0.05) is 0 Å². The highest BCUT2D eigenvalue weighted by atomic mass is 16.4. The largest absolute Gasteiger partial charge is 0.476 e. The maximum Gasteiger partial charge on any atom is 0.354 e. The number of aryl methyl sites for hydroxylation is 1. The number of rotatable bonds is 1. The molecule has 0 saturated carbocycles. The van der Waals surface area contributed by atoms with Gasteiger partial charge in [-0.15, -0.1) is 0 Å². The van der Waals surface area contributed by atoms with Crippen LogP contribution in [0.25, 0.3) is 0 Å². The minimum Gasteiger partial charge on any atom is -0.476 e. The van der Waals surface area contributed by atoms with Crippen LogP contribution in [-0.4, -0.2) is 21.0 Å². The predicted octanol–water partition coefficient (Wildman–Crippen LogP) is 0.374. The zero-order chi connectivity index (χ0) is 9.30. The van der Waals surface area contributed by atoms with Crippen molar-refractivity contribution >= 4 is 11.8 Å². The number of carbonyl (C=O) groups is 1. The third kappa shape index (κ3) is 1.34. The first kappa shape index (κ1) is 8.45. The highest BCUT2D eigenvalue weighted by Gasteiger charge is 2.12. The summed E-state index contributed by atoms with van der Waals surface area (Å²) in [5.41, 5.74) is 5.83. The van der Waals surface area contributed by atoms with E-state index in [2.05, 4.69) is 9.97 Å². The van der Waals surface area contributed by atoms with Crippen molar-refractivity contribution < 1.29 is 9.90 Å². The van der Waals surface area contributed by atoms with Gasteiger partial charge < -0.3 is 10.8 Å². The van der Waals surface area contributed by atoms with Crippen molar-refractivity contribution in [2.45, 2.75) is 13.8 Å². The summed E-state index contributed by atoms with van der Waals surface area (Å²) in [4.78, 5) is 18.1. The summed E-state index contributed by atoms with van der Waals surface area (Å²) in [7, 11) is 0. The molecule has 12 heavy (non-hydrogen) atoms. The summed E-state index contributed by atoms with van der Waals surface area (Å²) in [5.74, 6) is -0.486. The molecular weight excluding hydrogens is 158 g/mol. The number of aromatic nitrogens is 2. The van der Waals surface area contributed by atoms with Gasteiger partial charge in [-0.3, -0.25) is 0 Å². The van der Waals surface area contributed by atoms with Crippen LogP contribution in [0.5, 0.6) is 0 Å². The molecule has 1 heterocycles. The molecule has 0 atom stereocenters. The molecule has 0 fully saturated rings. The Morgan fingerprint density at radius 2 is 2.00 bits per heavy atom. The van der Waals surface area contributed by atoms with E-state index in [1.807, 2.05) is 0 Å². The summed E-state index contributed by atoms with van der Waals surface area (Å²) in [6, 6.07) is 0. The van der Waals surface area contributed by atoms with Gasteiger partial charge in [0.05, 0.1) is 0 Å². The molecule has 64 valence electrons. The van der Waals surface area contributed by atoms with Crippen molar-refractivity contribution in [2.24, 2.45) is 0 Å². The molecule has 0 aliphatic rings. The number of aromatic carboxylic acids is 1. The van der Waals surface area contributed by atoms with Gasteiger partial charge in [-0.25, -0.2) is 14.8 Å². The quantitative estimate of drug-likeness (QED) is 0.630. The van der Waals surface area contributed by atoms with Crippen molar-refractivity contribution in [2.75, 3.05) is 5.73 Å². The van der Waals surface area contributed by atoms with E-state index in [-0.39, 0.29) is 11.5 Å². The average Bonchev–Trinajstić information content (AvgIpc) is 1.96. The number of anilines is 1. The minimum absolute atomic E-state index is 0.0278. The molecular formula is C7H9N3O2. The van der Waals surface area contributed by atoms with Gasteiger partial charge >= 0.3 is 5.97 Å². The van der Waals surface area contributed by atoms with Gasteiger partial charge in [0.15, 0.2) is 5.69 Å². The standard InChI is InChI=1S/C7H9N3O2/c1-3-5(7(11)12)9-4(2)10-6(3)8/h1-2H3,(H,11,12)(H2,8,9,10). The zero-order valence-electron chi connectivity index (χ0n) is 6.83. The Hall–Kier alpha value is -1.65. The number of nitrogens with two attached hydrogens (primary N) is 1. The molecule has 5 heteroatoms. The summed E-state index contributed by atoms with van der Waals surface area (Å²) < 4.78 is 0. The summed E-state index contributed by atoms with van der Waals surface area (Å²) >= 11 is 0. The fraction of sp³-hybridized carbons (Fsp3) is 0.286. The van der Waals surface area contributed by atoms with E-state index in [9.17, 15) is 4.79 Å². The second-order valence-corrected chi connectivity index (χ2v) is 2.43. The number of nitrogen functional groups attached to an aromatic ring is 1. The first-order valence-corrected chi connectivity index (χ1v) is 3.36. The van der Waals surface area contributed by atoms with E-state index in [0.29, 0.717) is 11.4 Å². The Bertz CT molecular complexity index is 336. The zero-order valence-corrected chi connectivity index (χ0v) is 6.83. The Balaban J connectivity index is 3.37. The van der Waals surface area contributed by atoms with Crippen LogP contribution in [0, 0.1) is 13.8 Å². The van der Waals surface area contributed by atoms with Gasteiger partial charge in [0, 0.05) is 5.56 Å². The van der Waals surface area contributed by atoms with Crippen LogP contribution in [0.15, 0.2) is 0 Å². The van der Waals surface area contributed by atoms with Crippen molar-refractivity contribution in [1.82, 2.24) is 9.97 Å². The first-order chi connectivity index (χ1) is 5.52. The lowest BCUT2D eigenvalue weighted by Crippen LogP contribution is -2.09. The molecule has 0 bridgehead atoms. The van der Waals surface area contributed by atoms with E-state index >= 15 is 0 Å². The maximum atomic E-state index is 10.6. The van der Waals surface area contributed by atoms with Crippen molar-refractivity contribution in [1.29, 1.82) is 0 Å². The predicted molar refractivity (Wildman–Crippen MR) is 42.9 cm³/mol. The van der Waals surface area contributed by atoms with Gasteiger partial charge in [-0.05, 0) is 13.8 Å². The van der Waals surface area contributed by atoms with Gasteiger partial charge in [0.25, 0.3) is 0 Å². The fourth-order valence-electron chi connectivity index (χ4n) is 0.858. The number of nitrogens with zero attached hydrogens (tertiary/aromatic N) is 2. The molecule has 0 spiro atoms. The SMILES string of the molecule is Cc1nc(N)c(C)c(C(=O)O)n1. The van der Waals surface area contributed by atoms with E-state index in [1.165, 1.54) is 0 Å². The topological polar surface area (TPSA) is 89.1 Å². The summed E-state index contributed by atoms with van der Waals surface area (Å²) in [6.07, 6.45) is 0. The number of carboxylic acids is 1. The van der Waals surface area contributed by atoms with Crippen LogP contribution >= 0.6 is 0 Å². The maximum absolute atomic E-state index is 10.6. The molecule has 5 nitrogen and oxygen atoms in total. The van der Waals surface area contributed by atoms with Crippen LogP contribution < -0.4 is 5.73 Å². The lowest BCUT2D eigenvalue weighted by Gasteiger charge is -2.03. The smallest absolute Gasteiger partial charge is 0.354 e. The Morgan fingerprint density at radius 3 is 2.50 bits per heavy atom. The summed E-state index contributed by atoms with van der Waals surface area (Å²) in [6.45, 7) is 3.18. The normalized spacial score (nSPS) is 9.83. The van der Waals surface area contributed by atoms with E-state index in [0.717, 1.165) is 0 Å². The number of hydrogen-bond donors (Lipinski definition) is 2. The molecule has 0 aliphatic heterocycles. The molecule has 0 amide bonds. The number of hydrogen-bond acceptors (Lipinski definition) is 4. The van der Waals surface area contributed by atoms with Crippen LogP contribution in [0.1, 0.15) is 21.9 Å². The Kier molecular flexibility index (Phi) is 1.95. The van der Waals surface area contributed by atoms with Gasteiger partial charge in [-0.2, -0.15) is 0 Å². The first-order valence-electron chi connectivity index (χ1n) is 3.36. The second kappa shape index (κ2) is 2.77. The number of carboxylic acid groups (broad SMARTS) is 1. The highest BCUT2D eigenvalue weighted by molar-refractivity contribution is 5.88. The fourth-order valence-corrected chi connectivity index (χ4v) is 0.858. The molecule has 0 radical (unpaired) electrons. The third-order valence-corrected chi connectivity index (χ3v) is 1.50. The Morgan fingerprint density at radius 1 is 1.42 bits per heavy atom. The monoisotopic (exact) mass is 167 g/mol. The van der Waals surface area contributed by atoms with Gasteiger partial charge in [0.2, 0.25) is 0 Å².